The first kappa shape index (κ1) is 12.6. The SMILES string of the molecule is CCC(=O)CCCn1ccnc1-c1ccccc1. The molecule has 0 bridgehead atoms. The molecule has 2 aromatic rings. The van der Waals surface area contributed by atoms with E-state index in [4.69, 9.17) is 0 Å². The molecule has 0 spiro atoms. The number of aryl methyl sites for hydroxylation is 1. The van der Waals surface area contributed by atoms with E-state index in [0.29, 0.717) is 18.6 Å². The molecule has 0 aliphatic carbocycles. The number of imidazole rings is 1. The number of carbonyl (C=O) groups excluding carboxylic acids is 1. The van der Waals surface area contributed by atoms with Gasteiger partial charge in [-0.25, -0.2) is 4.98 Å². The molecule has 0 saturated carbocycles. The van der Waals surface area contributed by atoms with Crippen LogP contribution in [-0.2, 0) is 11.3 Å². The minimum Gasteiger partial charge on any atom is -0.331 e. The molecule has 0 amide bonds. The van der Waals surface area contributed by atoms with Crippen LogP contribution in [0, 0.1) is 0 Å². The summed E-state index contributed by atoms with van der Waals surface area (Å²) in [6.07, 6.45) is 5.95. The molecule has 0 aliphatic rings. The molecule has 3 nitrogen and oxygen atoms in total. The highest BCUT2D eigenvalue weighted by Gasteiger charge is 2.05. The number of benzene rings is 1. The number of carbonyl (C=O) groups is 1. The molecule has 2 rings (SSSR count). The first-order valence-electron chi connectivity index (χ1n) is 6.39. The number of ketones is 1. The summed E-state index contributed by atoms with van der Waals surface area (Å²) < 4.78 is 2.11. The molecule has 0 radical (unpaired) electrons. The summed E-state index contributed by atoms with van der Waals surface area (Å²) in [5, 5.41) is 0. The van der Waals surface area contributed by atoms with Crippen LogP contribution in [0.1, 0.15) is 26.2 Å². The third-order valence-electron chi connectivity index (χ3n) is 3.00. The van der Waals surface area contributed by atoms with Gasteiger partial charge >= 0.3 is 0 Å². The van der Waals surface area contributed by atoms with E-state index in [1.54, 1.807) is 0 Å². The van der Waals surface area contributed by atoms with Gasteiger partial charge < -0.3 is 4.57 Å². The molecular formula is C15H18N2O. The van der Waals surface area contributed by atoms with E-state index in [2.05, 4.69) is 21.7 Å². The van der Waals surface area contributed by atoms with Crippen LogP contribution in [0.2, 0.25) is 0 Å². The summed E-state index contributed by atoms with van der Waals surface area (Å²) in [5.41, 5.74) is 1.12. The molecule has 18 heavy (non-hydrogen) atoms. The molecule has 0 saturated heterocycles. The average Bonchev–Trinajstić information content (AvgIpc) is 2.88. The lowest BCUT2D eigenvalue weighted by Gasteiger charge is -2.07. The maximum absolute atomic E-state index is 11.3. The molecule has 94 valence electrons. The highest BCUT2D eigenvalue weighted by atomic mass is 16.1. The summed E-state index contributed by atoms with van der Waals surface area (Å²) in [6.45, 7) is 2.75. The van der Waals surface area contributed by atoms with Crippen molar-refractivity contribution in [1.82, 2.24) is 9.55 Å². The first-order valence-corrected chi connectivity index (χ1v) is 6.39. The second-order valence-corrected chi connectivity index (χ2v) is 4.31. The highest BCUT2D eigenvalue weighted by molar-refractivity contribution is 5.77. The van der Waals surface area contributed by atoms with E-state index in [-0.39, 0.29) is 0 Å². The summed E-state index contributed by atoms with van der Waals surface area (Å²) >= 11 is 0. The van der Waals surface area contributed by atoms with Gasteiger partial charge in [0.25, 0.3) is 0 Å². The van der Waals surface area contributed by atoms with Crippen LogP contribution in [0.4, 0.5) is 0 Å². The lowest BCUT2D eigenvalue weighted by molar-refractivity contribution is -0.118. The Labute approximate surface area is 107 Å². The van der Waals surface area contributed by atoms with Crippen molar-refractivity contribution >= 4 is 5.78 Å². The van der Waals surface area contributed by atoms with Gasteiger partial charge in [-0.2, -0.15) is 0 Å². The van der Waals surface area contributed by atoms with Crippen LogP contribution >= 0.6 is 0 Å². The molecule has 0 fully saturated rings. The van der Waals surface area contributed by atoms with Crippen LogP contribution in [0.25, 0.3) is 11.4 Å². The third-order valence-corrected chi connectivity index (χ3v) is 3.00. The molecule has 0 atom stereocenters. The fraction of sp³-hybridized carbons (Fsp3) is 0.333. The minimum atomic E-state index is 0.330. The van der Waals surface area contributed by atoms with Gasteiger partial charge in [-0.05, 0) is 6.42 Å². The summed E-state index contributed by atoms with van der Waals surface area (Å²) in [6, 6.07) is 10.1. The molecular weight excluding hydrogens is 224 g/mol. The molecule has 1 aromatic carbocycles. The van der Waals surface area contributed by atoms with E-state index in [1.165, 1.54) is 0 Å². The zero-order chi connectivity index (χ0) is 12.8. The zero-order valence-electron chi connectivity index (χ0n) is 10.7. The quantitative estimate of drug-likeness (QED) is 0.779. The van der Waals surface area contributed by atoms with Crippen molar-refractivity contribution in [3.63, 3.8) is 0 Å². The maximum atomic E-state index is 11.3. The second-order valence-electron chi connectivity index (χ2n) is 4.31. The number of hydrogen-bond donors (Lipinski definition) is 0. The Morgan fingerprint density at radius 3 is 2.78 bits per heavy atom. The van der Waals surface area contributed by atoms with E-state index in [0.717, 1.165) is 24.4 Å². The maximum Gasteiger partial charge on any atom is 0.139 e. The summed E-state index contributed by atoms with van der Waals surface area (Å²) in [4.78, 5) is 15.7. The van der Waals surface area contributed by atoms with Gasteiger partial charge in [-0.3, -0.25) is 4.79 Å². The monoisotopic (exact) mass is 242 g/mol. The van der Waals surface area contributed by atoms with Crippen LogP contribution in [0.3, 0.4) is 0 Å². The first-order chi connectivity index (χ1) is 8.81. The lowest BCUT2D eigenvalue weighted by Crippen LogP contribution is -2.03. The number of aromatic nitrogens is 2. The van der Waals surface area contributed by atoms with Crippen LogP contribution in [-0.4, -0.2) is 15.3 Å². The Morgan fingerprint density at radius 2 is 2.06 bits per heavy atom. The largest absolute Gasteiger partial charge is 0.331 e. The van der Waals surface area contributed by atoms with Crippen molar-refractivity contribution in [3.05, 3.63) is 42.7 Å². The molecule has 1 heterocycles. The molecule has 0 N–H and O–H groups in total. The zero-order valence-corrected chi connectivity index (χ0v) is 10.7. The van der Waals surface area contributed by atoms with Gasteiger partial charge in [0.2, 0.25) is 0 Å². The Balaban J connectivity index is 2.03. The van der Waals surface area contributed by atoms with Crippen LogP contribution in [0.15, 0.2) is 42.7 Å². The van der Waals surface area contributed by atoms with Crippen LogP contribution < -0.4 is 0 Å². The highest BCUT2D eigenvalue weighted by Crippen LogP contribution is 2.17. The van der Waals surface area contributed by atoms with Crippen molar-refractivity contribution in [2.24, 2.45) is 0 Å². The number of rotatable bonds is 6. The Hall–Kier alpha value is -1.90. The van der Waals surface area contributed by atoms with Gasteiger partial charge in [-0.1, -0.05) is 37.3 Å². The van der Waals surface area contributed by atoms with Gasteiger partial charge in [0.15, 0.2) is 0 Å². The fourth-order valence-corrected chi connectivity index (χ4v) is 1.96. The summed E-state index contributed by atoms with van der Waals surface area (Å²) in [5.74, 6) is 1.30. The Morgan fingerprint density at radius 1 is 1.28 bits per heavy atom. The van der Waals surface area contributed by atoms with Crippen LogP contribution in [0.5, 0.6) is 0 Å². The van der Waals surface area contributed by atoms with Crippen molar-refractivity contribution in [2.75, 3.05) is 0 Å². The van der Waals surface area contributed by atoms with Gasteiger partial charge in [0.05, 0.1) is 0 Å². The van der Waals surface area contributed by atoms with Crippen molar-refractivity contribution < 1.29 is 4.79 Å². The average molecular weight is 242 g/mol. The smallest absolute Gasteiger partial charge is 0.139 e. The van der Waals surface area contributed by atoms with E-state index in [9.17, 15) is 4.79 Å². The fourth-order valence-electron chi connectivity index (χ4n) is 1.96. The predicted molar refractivity (Wildman–Crippen MR) is 72.2 cm³/mol. The molecule has 0 aliphatic heterocycles. The lowest BCUT2D eigenvalue weighted by atomic mass is 10.2. The van der Waals surface area contributed by atoms with Gasteiger partial charge in [0.1, 0.15) is 11.6 Å². The molecule has 0 unspecified atom stereocenters. The number of nitrogens with zero attached hydrogens (tertiary/aromatic N) is 2. The van der Waals surface area contributed by atoms with Crippen molar-refractivity contribution in [1.29, 1.82) is 0 Å². The normalized spacial score (nSPS) is 10.5. The van der Waals surface area contributed by atoms with E-state index in [1.807, 2.05) is 37.5 Å². The van der Waals surface area contributed by atoms with Gasteiger partial charge in [0, 0.05) is 37.3 Å². The standard InChI is InChI=1S/C15H18N2O/c1-2-14(18)9-6-11-17-12-10-16-15(17)13-7-4-3-5-8-13/h3-5,7-8,10,12H,2,6,9,11H2,1H3. The number of hydrogen-bond acceptors (Lipinski definition) is 2. The third kappa shape index (κ3) is 3.06. The van der Waals surface area contributed by atoms with Gasteiger partial charge in [-0.15, -0.1) is 0 Å². The minimum absolute atomic E-state index is 0.330. The molecule has 1 aromatic heterocycles. The van der Waals surface area contributed by atoms with E-state index < -0.39 is 0 Å². The van der Waals surface area contributed by atoms with Crippen molar-refractivity contribution in [3.8, 4) is 11.4 Å². The number of Topliss-reactive ketones (excluding diaryl/α,β-unsaturated/α-hetero) is 1. The second kappa shape index (κ2) is 6.15. The predicted octanol–water partition coefficient (Wildman–Crippen LogP) is 3.31. The van der Waals surface area contributed by atoms with Crippen molar-refractivity contribution in [2.45, 2.75) is 32.7 Å². The van der Waals surface area contributed by atoms with E-state index >= 15 is 0 Å². The molecule has 3 heteroatoms. The topological polar surface area (TPSA) is 34.9 Å². The Kier molecular flexibility index (Phi) is 4.29. The summed E-state index contributed by atoms with van der Waals surface area (Å²) in [7, 11) is 0. The Bertz CT molecular complexity index is 502.